The van der Waals surface area contributed by atoms with Crippen LogP contribution in [0.15, 0.2) is 6.07 Å². The Kier molecular flexibility index (Phi) is 2.20. The van der Waals surface area contributed by atoms with Crippen molar-refractivity contribution in [2.24, 2.45) is 5.41 Å². The maximum atomic E-state index is 9.24. The highest BCUT2D eigenvalue weighted by atomic mass is 16.5. The number of nitrogens with zero attached hydrogens (tertiary/aromatic N) is 2. The van der Waals surface area contributed by atoms with Crippen molar-refractivity contribution in [2.45, 2.75) is 13.5 Å². The molecule has 0 spiro atoms. The number of nitrogen functional groups attached to an aromatic ring is 1. The van der Waals surface area contributed by atoms with Crippen molar-refractivity contribution in [3.05, 3.63) is 11.8 Å². The molecule has 1 fully saturated rings. The first kappa shape index (κ1) is 9.48. The Morgan fingerprint density at radius 1 is 1.71 bits per heavy atom. The number of aromatic nitrogens is 2. The Labute approximate surface area is 82.5 Å². The Hall–Kier alpha value is -1.07. The molecule has 1 aromatic heterocycles. The van der Waals surface area contributed by atoms with Crippen LogP contribution >= 0.6 is 0 Å². The lowest BCUT2D eigenvalue weighted by atomic mass is 9.87. The van der Waals surface area contributed by atoms with E-state index in [9.17, 15) is 5.11 Å². The van der Waals surface area contributed by atoms with Gasteiger partial charge in [-0.05, 0) is 6.92 Å². The highest BCUT2D eigenvalue weighted by molar-refractivity contribution is 5.28. The molecule has 3 N–H and O–H groups in total. The topological polar surface area (TPSA) is 73.3 Å². The van der Waals surface area contributed by atoms with E-state index in [1.807, 2.05) is 17.7 Å². The molecule has 78 valence electrons. The van der Waals surface area contributed by atoms with Crippen LogP contribution in [0.3, 0.4) is 0 Å². The molecule has 1 aliphatic rings. The van der Waals surface area contributed by atoms with E-state index in [1.54, 1.807) is 0 Å². The summed E-state index contributed by atoms with van der Waals surface area (Å²) >= 11 is 0. The molecule has 0 atom stereocenters. The molecule has 14 heavy (non-hydrogen) atoms. The van der Waals surface area contributed by atoms with Crippen molar-refractivity contribution in [3.63, 3.8) is 0 Å². The Morgan fingerprint density at radius 2 is 2.43 bits per heavy atom. The number of aliphatic hydroxyl groups is 1. The number of rotatable bonds is 3. The van der Waals surface area contributed by atoms with Gasteiger partial charge in [0.15, 0.2) is 0 Å². The molecule has 0 saturated carbocycles. The molecule has 0 unspecified atom stereocenters. The lowest BCUT2D eigenvalue weighted by Crippen LogP contribution is -2.49. The monoisotopic (exact) mass is 197 g/mol. The van der Waals surface area contributed by atoms with Gasteiger partial charge in [-0.25, -0.2) is 0 Å². The van der Waals surface area contributed by atoms with Gasteiger partial charge in [0.1, 0.15) is 5.82 Å². The first-order chi connectivity index (χ1) is 6.65. The average Bonchev–Trinajstić information content (AvgIpc) is 2.38. The van der Waals surface area contributed by atoms with Gasteiger partial charge in [-0.2, -0.15) is 5.10 Å². The molecule has 2 rings (SSSR count). The number of anilines is 1. The van der Waals surface area contributed by atoms with Gasteiger partial charge >= 0.3 is 0 Å². The minimum absolute atomic E-state index is 0.131. The Balaban J connectivity index is 2.13. The molecule has 0 aromatic carbocycles. The largest absolute Gasteiger partial charge is 0.396 e. The van der Waals surface area contributed by atoms with Crippen LogP contribution in [-0.2, 0) is 11.3 Å². The minimum atomic E-state index is -0.150. The highest BCUT2D eigenvalue weighted by Crippen LogP contribution is 2.29. The first-order valence-corrected chi connectivity index (χ1v) is 4.64. The molecule has 0 amide bonds. The summed E-state index contributed by atoms with van der Waals surface area (Å²) in [6, 6.07) is 1.82. The Bertz CT molecular complexity index is 325. The predicted octanol–water partition coefficient (Wildman–Crippen LogP) is -0.217. The normalized spacial score (nSPS) is 19.3. The van der Waals surface area contributed by atoms with E-state index in [1.165, 1.54) is 0 Å². The van der Waals surface area contributed by atoms with Crippen LogP contribution in [-0.4, -0.2) is 34.7 Å². The van der Waals surface area contributed by atoms with E-state index in [0.29, 0.717) is 25.6 Å². The summed E-state index contributed by atoms with van der Waals surface area (Å²) in [5, 5.41) is 13.4. The van der Waals surface area contributed by atoms with Gasteiger partial charge < -0.3 is 15.6 Å². The molecule has 5 nitrogen and oxygen atoms in total. The van der Waals surface area contributed by atoms with Crippen LogP contribution < -0.4 is 5.73 Å². The van der Waals surface area contributed by atoms with Gasteiger partial charge in [0.25, 0.3) is 0 Å². The van der Waals surface area contributed by atoms with E-state index in [-0.39, 0.29) is 12.0 Å². The van der Waals surface area contributed by atoms with Crippen LogP contribution in [0.25, 0.3) is 0 Å². The van der Waals surface area contributed by atoms with E-state index in [4.69, 9.17) is 10.5 Å². The highest BCUT2D eigenvalue weighted by Gasteiger charge is 2.39. The van der Waals surface area contributed by atoms with E-state index in [0.717, 1.165) is 5.69 Å². The Morgan fingerprint density at radius 3 is 2.79 bits per heavy atom. The lowest BCUT2D eigenvalue weighted by Gasteiger charge is -2.39. The van der Waals surface area contributed by atoms with Gasteiger partial charge in [-0.15, -0.1) is 0 Å². The molecule has 2 heterocycles. The quantitative estimate of drug-likeness (QED) is 0.702. The number of nitrogens with two attached hydrogens (primary N) is 1. The summed E-state index contributed by atoms with van der Waals surface area (Å²) in [5.41, 5.74) is 6.44. The SMILES string of the molecule is Cc1cc(N)nn1CC1(CO)COC1. The number of hydrogen-bond donors (Lipinski definition) is 2. The third kappa shape index (κ3) is 1.49. The van der Waals surface area contributed by atoms with Gasteiger partial charge in [0.05, 0.1) is 31.8 Å². The summed E-state index contributed by atoms with van der Waals surface area (Å²) in [6.07, 6.45) is 0. The van der Waals surface area contributed by atoms with Crippen LogP contribution in [0.1, 0.15) is 5.69 Å². The fourth-order valence-electron chi connectivity index (χ4n) is 1.64. The van der Waals surface area contributed by atoms with E-state index < -0.39 is 0 Å². The van der Waals surface area contributed by atoms with Crippen LogP contribution in [0.2, 0.25) is 0 Å². The molecule has 0 aliphatic carbocycles. The number of aliphatic hydroxyl groups excluding tert-OH is 1. The summed E-state index contributed by atoms with van der Waals surface area (Å²) in [4.78, 5) is 0. The lowest BCUT2D eigenvalue weighted by molar-refractivity contribution is -0.146. The third-order valence-corrected chi connectivity index (χ3v) is 2.64. The van der Waals surface area contributed by atoms with Gasteiger partial charge in [-0.3, -0.25) is 4.68 Å². The second-order valence-corrected chi connectivity index (χ2v) is 4.02. The van der Waals surface area contributed by atoms with Crippen molar-refractivity contribution >= 4 is 5.82 Å². The summed E-state index contributed by atoms with van der Waals surface area (Å²) < 4.78 is 6.94. The van der Waals surface area contributed by atoms with Gasteiger partial charge in [0.2, 0.25) is 0 Å². The van der Waals surface area contributed by atoms with Crippen molar-refractivity contribution in [1.29, 1.82) is 0 Å². The second kappa shape index (κ2) is 3.25. The molecule has 5 heteroatoms. The zero-order valence-electron chi connectivity index (χ0n) is 8.23. The van der Waals surface area contributed by atoms with Crippen LogP contribution in [0.4, 0.5) is 5.82 Å². The fourth-order valence-corrected chi connectivity index (χ4v) is 1.64. The molecule has 0 radical (unpaired) electrons. The summed E-state index contributed by atoms with van der Waals surface area (Å²) in [5.74, 6) is 0.524. The molecule has 1 saturated heterocycles. The van der Waals surface area contributed by atoms with E-state index in [2.05, 4.69) is 5.10 Å². The number of ether oxygens (including phenoxy) is 1. The minimum Gasteiger partial charge on any atom is -0.396 e. The maximum absolute atomic E-state index is 9.24. The summed E-state index contributed by atoms with van der Waals surface area (Å²) in [7, 11) is 0. The maximum Gasteiger partial charge on any atom is 0.145 e. The average molecular weight is 197 g/mol. The van der Waals surface area contributed by atoms with Crippen LogP contribution in [0, 0.1) is 12.3 Å². The third-order valence-electron chi connectivity index (χ3n) is 2.64. The second-order valence-electron chi connectivity index (χ2n) is 4.02. The molecule has 1 aliphatic heterocycles. The number of hydrogen-bond acceptors (Lipinski definition) is 4. The van der Waals surface area contributed by atoms with Crippen molar-refractivity contribution in [1.82, 2.24) is 9.78 Å². The van der Waals surface area contributed by atoms with E-state index >= 15 is 0 Å². The zero-order valence-corrected chi connectivity index (χ0v) is 8.23. The predicted molar refractivity (Wildman–Crippen MR) is 51.7 cm³/mol. The zero-order chi connectivity index (χ0) is 10.2. The summed E-state index contributed by atoms with van der Waals surface area (Å²) in [6.45, 7) is 3.96. The van der Waals surface area contributed by atoms with Gasteiger partial charge in [0, 0.05) is 11.8 Å². The smallest absolute Gasteiger partial charge is 0.145 e. The van der Waals surface area contributed by atoms with Crippen LogP contribution in [0.5, 0.6) is 0 Å². The molecular weight excluding hydrogens is 182 g/mol. The number of aryl methyl sites for hydroxylation is 1. The fraction of sp³-hybridized carbons (Fsp3) is 0.667. The van der Waals surface area contributed by atoms with Crippen molar-refractivity contribution in [2.75, 3.05) is 25.6 Å². The standard InChI is InChI=1S/C9H15N3O2/c1-7-2-8(10)11-12(7)3-9(4-13)5-14-6-9/h2,13H,3-6H2,1H3,(H2,10,11). The first-order valence-electron chi connectivity index (χ1n) is 4.64. The molecule has 0 bridgehead atoms. The van der Waals surface area contributed by atoms with Crippen molar-refractivity contribution in [3.8, 4) is 0 Å². The van der Waals surface area contributed by atoms with Gasteiger partial charge in [-0.1, -0.05) is 0 Å². The molecular formula is C9H15N3O2. The van der Waals surface area contributed by atoms with Crippen molar-refractivity contribution < 1.29 is 9.84 Å². The molecule has 1 aromatic rings.